The minimum absolute atomic E-state index is 0.0129. The molecule has 0 radical (unpaired) electrons. The van der Waals surface area contributed by atoms with Crippen LogP contribution in [0.25, 0.3) is 33.4 Å². The van der Waals surface area contributed by atoms with Crippen molar-refractivity contribution in [3.05, 3.63) is 178 Å². The molecule has 6 aromatic rings. The highest BCUT2D eigenvalue weighted by atomic mass is 15.2. The summed E-state index contributed by atoms with van der Waals surface area (Å²) in [6.07, 6.45) is -0.267. The van der Waals surface area contributed by atoms with Crippen LogP contribution in [0.1, 0.15) is 72.8 Å². The lowest BCUT2D eigenvalue weighted by Gasteiger charge is -2.25. The molecule has 0 saturated heterocycles. The second kappa shape index (κ2) is 10.5. The summed E-state index contributed by atoms with van der Waals surface area (Å²) in [5.41, 5.74) is 16.1. The molecule has 0 bridgehead atoms. The molecule has 1 unspecified atom stereocenters. The van der Waals surface area contributed by atoms with Gasteiger partial charge in [0, 0.05) is 22.0 Å². The Kier molecular flexibility index (Phi) is 6.26. The van der Waals surface area contributed by atoms with Gasteiger partial charge in [-0.3, -0.25) is 0 Å². The number of benzene rings is 6. The zero-order chi connectivity index (χ0) is 32.6. The average Bonchev–Trinajstić information content (AvgIpc) is 3.51. The Morgan fingerprint density at radius 1 is 0.479 bits per heavy atom. The summed E-state index contributed by atoms with van der Waals surface area (Å²) >= 11 is 0. The average molecular weight is 620 g/mol. The standard InChI is InChI=1S/C45H37N3/c1-44(2)36-21-10-8-18-32(36)35-27-30(24-25-38(35)44)29-16-12-17-31(26-29)42-46-41(28-14-6-5-7-15-28)47-43(48-42)34-20-13-23-39-40(34)33-19-9-11-22-37(33)45(39,3)4/h5-27,41H,1-4H3,(H,46,47,48). The van der Waals surface area contributed by atoms with Gasteiger partial charge >= 0.3 is 0 Å². The summed E-state index contributed by atoms with van der Waals surface area (Å²) in [7, 11) is 0. The van der Waals surface area contributed by atoms with Crippen molar-refractivity contribution in [2.24, 2.45) is 9.98 Å². The smallest absolute Gasteiger partial charge is 0.159 e. The topological polar surface area (TPSA) is 36.8 Å². The molecule has 1 atom stereocenters. The van der Waals surface area contributed by atoms with Crippen molar-refractivity contribution >= 4 is 11.7 Å². The molecule has 232 valence electrons. The molecule has 48 heavy (non-hydrogen) atoms. The molecular formula is C45H37N3. The lowest BCUT2D eigenvalue weighted by atomic mass is 9.82. The molecule has 3 aliphatic rings. The first-order chi connectivity index (χ1) is 23.3. The van der Waals surface area contributed by atoms with E-state index >= 15 is 0 Å². The fourth-order valence-electron chi connectivity index (χ4n) is 8.21. The molecule has 6 aromatic carbocycles. The van der Waals surface area contributed by atoms with Crippen molar-refractivity contribution in [1.29, 1.82) is 0 Å². The van der Waals surface area contributed by atoms with Crippen LogP contribution in [0.4, 0.5) is 0 Å². The Hall–Kier alpha value is -5.54. The van der Waals surface area contributed by atoms with E-state index in [1.54, 1.807) is 0 Å². The Labute approximate surface area is 282 Å². The second-order valence-electron chi connectivity index (χ2n) is 14.3. The fraction of sp³-hybridized carbons (Fsp3) is 0.156. The van der Waals surface area contributed by atoms with Gasteiger partial charge in [0.2, 0.25) is 0 Å². The highest BCUT2D eigenvalue weighted by Crippen LogP contribution is 2.51. The van der Waals surface area contributed by atoms with E-state index in [0.717, 1.165) is 33.9 Å². The quantitative estimate of drug-likeness (QED) is 0.209. The van der Waals surface area contributed by atoms with Crippen LogP contribution in [0.15, 0.2) is 150 Å². The van der Waals surface area contributed by atoms with Crippen LogP contribution < -0.4 is 5.32 Å². The first kappa shape index (κ1) is 28.7. The summed E-state index contributed by atoms with van der Waals surface area (Å²) in [4.78, 5) is 10.5. The van der Waals surface area contributed by atoms with E-state index in [2.05, 4.69) is 173 Å². The van der Waals surface area contributed by atoms with Gasteiger partial charge in [-0.1, -0.05) is 155 Å². The van der Waals surface area contributed by atoms with Gasteiger partial charge < -0.3 is 5.32 Å². The minimum Gasteiger partial charge on any atom is -0.344 e. The molecule has 1 heterocycles. The van der Waals surface area contributed by atoms with Crippen LogP contribution in [-0.4, -0.2) is 11.7 Å². The fourth-order valence-corrected chi connectivity index (χ4v) is 8.21. The number of amidine groups is 2. The summed E-state index contributed by atoms with van der Waals surface area (Å²) in [6.45, 7) is 9.30. The molecule has 0 fully saturated rings. The van der Waals surface area contributed by atoms with Crippen LogP contribution >= 0.6 is 0 Å². The number of fused-ring (bicyclic) bond motifs is 6. The number of nitrogens with one attached hydrogen (secondary N) is 1. The van der Waals surface area contributed by atoms with E-state index in [-0.39, 0.29) is 17.0 Å². The number of hydrogen-bond acceptors (Lipinski definition) is 3. The van der Waals surface area contributed by atoms with Gasteiger partial charge in [0.25, 0.3) is 0 Å². The number of hydrogen-bond donors (Lipinski definition) is 1. The molecule has 1 aliphatic heterocycles. The van der Waals surface area contributed by atoms with E-state index in [1.165, 1.54) is 50.1 Å². The van der Waals surface area contributed by atoms with Gasteiger partial charge in [0.05, 0.1) is 0 Å². The van der Waals surface area contributed by atoms with Crippen LogP contribution in [-0.2, 0) is 10.8 Å². The summed E-state index contributed by atoms with van der Waals surface area (Å²) in [5.74, 6) is 1.58. The third-order valence-electron chi connectivity index (χ3n) is 10.8. The van der Waals surface area contributed by atoms with Crippen molar-refractivity contribution in [3.8, 4) is 33.4 Å². The van der Waals surface area contributed by atoms with Crippen molar-refractivity contribution in [1.82, 2.24) is 5.32 Å². The lowest BCUT2D eigenvalue weighted by molar-refractivity contribution is 0.659. The van der Waals surface area contributed by atoms with Crippen LogP contribution in [0.3, 0.4) is 0 Å². The molecule has 9 rings (SSSR count). The monoisotopic (exact) mass is 619 g/mol. The first-order valence-electron chi connectivity index (χ1n) is 16.9. The summed E-state index contributed by atoms with van der Waals surface area (Å²) < 4.78 is 0. The van der Waals surface area contributed by atoms with E-state index in [9.17, 15) is 0 Å². The highest BCUT2D eigenvalue weighted by molar-refractivity contribution is 6.16. The van der Waals surface area contributed by atoms with Gasteiger partial charge in [0.1, 0.15) is 12.0 Å². The van der Waals surface area contributed by atoms with Crippen molar-refractivity contribution < 1.29 is 0 Å². The molecule has 3 heteroatoms. The molecule has 0 amide bonds. The molecular weight excluding hydrogens is 583 g/mol. The number of rotatable bonds is 4. The highest BCUT2D eigenvalue weighted by Gasteiger charge is 2.38. The third-order valence-corrected chi connectivity index (χ3v) is 10.8. The van der Waals surface area contributed by atoms with Gasteiger partial charge in [-0.05, 0) is 73.3 Å². The van der Waals surface area contributed by atoms with Gasteiger partial charge in [0.15, 0.2) is 5.84 Å². The van der Waals surface area contributed by atoms with E-state index in [0.29, 0.717) is 0 Å². The molecule has 0 spiro atoms. The third kappa shape index (κ3) is 4.27. The van der Waals surface area contributed by atoms with Crippen molar-refractivity contribution in [3.63, 3.8) is 0 Å². The molecule has 1 N–H and O–H groups in total. The number of aliphatic imine (C=N–C) groups is 2. The SMILES string of the molecule is CC1(C)c2ccccc2-c2cc(-c3cccc(C4=NC(c5ccccc5)NC(c5cccc6c5-c5ccccc5C6(C)C)=N4)c3)ccc21. The molecule has 3 nitrogen and oxygen atoms in total. The Morgan fingerprint density at radius 2 is 1.06 bits per heavy atom. The summed E-state index contributed by atoms with van der Waals surface area (Å²) in [6, 6.07) is 50.4. The molecule has 2 aliphatic carbocycles. The lowest BCUT2D eigenvalue weighted by Crippen LogP contribution is -2.34. The normalized spacial score (nSPS) is 17.7. The Balaban J connectivity index is 1.17. The zero-order valence-electron chi connectivity index (χ0n) is 27.8. The van der Waals surface area contributed by atoms with Crippen molar-refractivity contribution in [2.45, 2.75) is 44.7 Å². The maximum Gasteiger partial charge on any atom is 0.159 e. The number of nitrogens with zero attached hydrogens (tertiary/aromatic N) is 2. The van der Waals surface area contributed by atoms with E-state index in [1.807, 2.05) is 0 Å². The summed E-state index contributed by atoms with van der Waals surface area (Å²) in [5, 5.41) is 3.73. The minimum atomic E-state index is -0.267. The van der Waals surface area contributed by atoms with E-state index < -0.39 is 0 Å². The molecule has 0 saturated carbocycles. The maximum atomic E-state index is 5.29. The Morgan fingerprint density at radius 3 is 1.88 bits per heavy atom. The van der Waals surface area contributed by atoms with E-state index in [4.69, 9.17) is 9.98 Å². The first-order valence-corrected chi connectivity index (χ1v) is 16.9. The maximum absolute atomic E-state index is 5.29. The predicted molar refractivity (Wildman–Crippen MR) is 199 cm³/mol. The van der Waals surface area contributed by atoms with Crippen LogP contribution in [0.2, 0.25) is 0 Å². The van der Waals surface area contributed by atoms with Gasteiger partial charge in [-0.15, -0.1) is 0 Å². The van der Waals surface area contributed by atoms with Crippen molar-refractivity contribution in [2.75, 3.05) is 0 Å². The van der Waals surface area contributed by atoms with Gasteiger partial charge in [-0.2, -0.15) is 0 Å². The molecule has 0 aromatic heterocycles. The van der Waals surface area contributed by atoms with Crippen LogP contribution in [0.5, 0.6) is 0 Å². The van der Waals surface area contributed by atoms with Crippen LogP contribution in [0, 0.1) is 0 Å². The predicted octanol–water partition coefficient (Wildman–Crippen LogP) is 10.5. The zero-order valence-corrected chi connectivity index (χ0v) is 27.8. The van der Waals surface area contributed by atoms with Gasteiger partial charge in [-0.25, -0.2) is 9.98 Å². The Bertz CT molecular complexity index is 2320. The largest absolute Gasteiger partial charge is 0.344 e. The second-order valence-corrected chi connectivity index (χ2v) is 14.3.